The van der Waals surface area contributed by atoms with Gasteiger partial charge < -0.3 is 0 Å². The van der Waals surface area contributed by atoms with Crippen LogP contribution in [-0.2, 0) is 13.0 Å². The summed E-state index contributed by atoms with van der Waals surface area (Å²) in [6, 6.07) is 16.6. The van der Waals surface area contributed by atoms with E-state index in [0.717, 1.165) is 25.9 Å². The van der Waals surface area contributed by atoms with Crippen LogP contribution in [0.3, 0.4) is 0 Å². The van der Waals surface area contributed by atoms with Gasteiger partial charge in [0, 0.05) is 24.8 Å². The van der Waals surface area contributed by atoms with Crippen LogP contribution in [-0.4, -0.2) is 23.2 Å². The summed E-state index contributed by atoms with van der Waals surface area (Å²) in [6.45, 7) is 13.0. The van der Waals surface area contributed by atoms with Gasteiger partial charge in [-0.25, -0.2) is 0 Å². The molecule has 0 aromatic heterocycles. The molecule has 2 atom stereocenters. The normalized spacial score (nSPS) is 19.3. The van der Waals surface area contributed by atoms with Crippen LogP contribution in [0, 0.1) is 13.8 Å². The summed E-state index contributed by atoms with van der Waals surface area (Å²) in [7, 11) is 0. The van der Waals surface area contributed by atoms with Crippen LogP contribution < -0.4 is 0 Å². The number of hydrogen-bond acceptors (Lipinski definition) is 2. The number of hydrogen-bond donors (Lipinski definition) is 0. The molecule has 0 amide bonds. The van der Waals surface area contributed by atoms with Gasteiger partial charge in [-0.1, -0.05) is 49.4 Å². The van der Waals surface area contributed by atoms with Gasteiger partial charge in [-0.15, -0.1) is 0 Å². The SMILES string of the molecule is CCN=C(C)C1Cc2cc(C)c(C)cc2CN1C(CC)c1ccccc1. The van der Waals surface area contributed by atoms with Gasteiger partial charge >= 0.3 is 0 Å². The standard InChI is InChI=1S/C24H32N2/c1-6-23(20-11-9-8-10-12-20)26-16-22-14-18(4)17(3)13-21(22)15-24(26)19(5)25-7-2/h8-14,23-24H,6-7,15-16H2,1-5H3. The second-order valence-corrected chi connectivity index (χ2v) is 7.55. The van der Waals surface area contributed by atoms with Crippen LogP contribution in [0.1, 0.15) is 61.1 Å². The highest BCUT2D eigenvalue weighted by Crippen LogP contribution is 2.35. The van der Waals surface area contributed by atoms with E-state index >= 15 is 0 Å². The lowest BCUT2D eigenvalue weighted by Crippen LogP contribution is -2.46. The zero-order valence-electron chi connectivity index (χ0n) is 16.9. The molecule has 0 radical (unpaired) electrons. The molecule has 2 unspecified atom stereocenters. The lowest BCUT2D eigenvalue weighted by atomic mass is 9.86. The van der Waals surface area contributed by atoms with Crippen molar-refractivity contribution in [3.05, 3.63) is 70.3 Å². The third kappa shape index (κ3) is 3.76. The van der Waals surface area contributed by atoms with Crippen molar-refractivity contribution in [1.29, 1.82) is 0 Å². The van der Waals surface area contributed by atoms with Crippen molar-refractivity contribution in [1.82, 2.24) is 4.90 Å². The molecule has 1 heterocycles. The van der Waals surface area contributed by atoms with Gasteiger partial charge in [-0.3, -0.25) is 9.89 Å². The molecule has 0 aliphatic carbocycles. The van der Waals surface area contributed by atoms with E-state index in [-0.39, 0.29) is 0 Å². The number of benzene rings is 2. The molecule has 0 N–H and O–H groups in total. The summed E-state index contributed by atoms with van der Waals surface area (Å²) in [5.74, 6) is 0. The fourth-order valence-corrected chi connectivity index (χ4v) is 4.31. The monoisotopic (exact) mass is 348 g/mol. The molecule has 1 aliphatic rings. The molecule has 2 aromatic carbocycles. The van der Waals surface area contributed by atoms with Crippen molar-refractivity contribution < 1.29 is 0 Å². The van der Waals surface area contributed by atoms with Gasteiger partial charge in [-0.05, 0) is 68.4 Å². The van der Waals surface area contributed by atoms with E-state index in [4.69, 9.17) is 4.99 Å². The number of fused-ring (bicyclic) bond motifs is 1. The van der Waals surface area contributed by atoms with Crippen molar-refractivity contribution >= 4 is 5.71 Å². The fraction of sp³-hybridized carbons (Fsp3) is 0.458. The van der Waals surface area contributed by atoms with Crippen LogP contribution in [0.5, 0.6) is 0 Å². The summed E-state index contributed by atoms with van der Waals surface area (Å²) in [5, 5.41) is 0. The van der Waals surface area contributed by atoms with Gasteiger partial charge in [0.2, 0.25) is 0 Å². The molecule has 26 heavy (non-hydrogen) atoms. The molecule has 1 aliphatic heterocycles. The van der Waals surface area contributed by atoms with Crippen molar-refractivity contribution in [3.63, 3.8) is 0 Å². The molecule has 2 nitrogen and oxygen atoms in total. The minimum absolute atomic E-state index is 0.384. The first-order valence-electron chi connectivity index (χ1n) is 9.95. The Kier molecular flexibility index (Phi) is 5.93. The molecule has 3 rings (SSSR count). The minimum atomic E-state index is 0.384. The zero-order chi connectivity index (χ0) is 18.7. The van der Waals surface area contributed by atoms with Gasteiger partial charge in [0.15, 0.2) is 0 Å². The van der Waals surface area contributed by atoms with Crippen LogP contribution in [0.15, 0.2) is 47.5 Å². The van der Waals surface area contributed by atoms with Crippen molar-refractivity contribution in [2.75, 3.05) is 6.54 Å². The largest absolute Gasteiger partial charge is 0.293 e. The third-order valence-electron chi connectivity index (χ3n) is 5.84. The van der Waals surface area contributed by atoms with Crippen LogP contribution in [0.25, 0.3) is 0 Å². The molecule has 2 heteroatoms. The average Bonchev–Trinajstić information content (AvgIpc) is 2.64. The molecule has 0 saturated carbocycles. The Labute approximate surface area is 159 Å². The predicted octanol–water partition coefficient (Wildman–Crippen LogP) is 5.66. The molecule has 0 spiro atoms. The van der Waals surface area contributed by atoms with Gasteiger partial charge in [0.25, 0.3) is 0 Å². The number of aryl methyl sites for hydroxylation is 2. The lowest BCUT2D eigenvalue weighted by Gasteiger charge is -2.42. The van der Waals surface area contributed by atoms with Crippen molar-refractivity contribution in [3.8, 4) is 0 Å². The van der Waals surface area contributed by atoms with Gasteiger partial charge in [0.05, 0.1) is 6.04 Å². The topological polar surface area (TPSA) is 15.6 Å². The minimum Gasteiger partial charge on any atom is -0.293 e. The third-order valence-corrected chi connectivity index (χ3v) is 5.84. The maximum absolute atomic E-state index is 4.80. The number of nitrogens with zero attached hydrogens (tertiary/aromatic N) is 2. The van der Waals surface area contributed by atoms with Gasteiger partial charge in [0.1, 0.15) is 0 Å². The highest BCUT2D eigenvalue weighted by Gasteiger charge is 2.33. The van der Waals surface area contributed by atoms with Crippen molar-refractivity contribution in [2.45, 2.75) is 66.1 Å². The van der Waals surface area contributed by atoms with Crippen LogP contribution >= 0.6 is 0 Å². The first-order valence-corrected chi connectivity index (χ1v) is 9.95. The van der Waals surface area contributed by atoms with E-state index in [9.17, 15) is 0 Å². The Balaban J connectivity index is 2.04. The van der Waals surface area contributed by atoms with E-state index < -0.39 is 0 Å². The summed E-state index contributed by atoms with van der Waals surface area (Å²) in [4.78, 5) is 7.48. The summed E-state index contributed by atoms with van der Waals surface area (Å²) < 4.78 is 0. The Hall–Kier alpha value is -1.93. The van der Waals surface area contributed by atoms with Crippen molar-refractivity contribution in [2.24, 2.45) is 4.99 Å². The molecule has 0 fully saturated rings. The van der Waals surface area contributed by atoms with E-state index in [1.807, 2.05) is 0 Å². The first kappa shape index (κ1) is 18.8. The summed E-state index contributed by atoms with van der Waals surface area (Å²) >= 11 is 0. The maximum Gasteiger partial charge on any atom is 0.0524 e. The number of rotatable bonds is 5. The second-order valence-electron chi connectivity index (χ2n) is 7.55. The van der Waals surface area contributed by atoms with E-state index in [1.165, 1.54) is 33.5 Å². The van der Waals surface area contributed by atoms with E-state index in [0.29, 0.717) is 12.1 Å². The summed E-state index contributed by atoms with van der Waals surface area (Å²) in [5.41, 5.74) is 8.47. The van der Waals surface area contributed by atoms with E-state index in [1.54, 1.807) is 0 Å². The highest BCUT2D eigenvalue weighted by molar-refractivity contribution is 5.88. The molecule has 0 bridgehead atoms. The second kappa shape index (κ2) is 8.18. The number of aliphatic imine (C=N–C) groups is 1. The first-order chi connectivity index (χ1) is 12.5. The Morgan fingerprint density at radius 1 is 1.08 bits per heavy atom. The highest BCUT2D eigenvalue weighted by atomic mass is 15.2. The predicted molar refractivity (Wildman–Crippen MR) is 112 cm³/mol. The molecule has 138 valence electrons. The smallest absolute Gasteiger partial charge is 0.0524 e. The molecular weight excluding hydrogens is 316 g/mol. The summed E-state index contributed by atoms with van der Waals surface area (Å²) in [6.07, 6.45) is 2.18. The Morgan fingerprint density at radius 2 is 1.73 bits per heavy atom. The Morgan fingerprint density at radius 3 is 2.35 bits per heavy atom. The molecule has 2 aromatic rings. The van der Waals surface area contributed by atoms with Crippen LogP contribution in [0.4, 0.5) is 0 Å². The van der Waals surface area contributed by atoms with Crippen LogP contribution in [0.2, 0.25) is 0 Å². The average molecular weight is 349 g/mol. The Bertz CT molecular complexity index is 776. The zero-order valence-corrected chi connectivity index (χ0v) is 16.9. The molecule has 0 saturated heterocycles. The molecular formula is C24H32N2. The fourth-order valence-electron chi connectivity index (χ4n) is 4.31. The quantitative estimate of drug-likeness (QED) is 0.636. The van der Waals surface area contributed by atoms with Gasteiger partial charge in [-0.2, -0.15) is 0 Å². The lowest BCUT2D eigenvalue weighted by molar-refractivity contribution is 0.143. The van der Waals surface area contributed by atoms with E-state index in [2.05, 4.69) is 82.0 Å². The maximum atomic E-state index is 4.80.